The number of rotatable bonds is 6. The van der Waals surface area contributed by atoms with E-state index >= 15 is 0 Å². The molecule has 0 fully saturated rings. The van der Waals surface area contributed by atoms with Gasteiger partial charge in [-0.1, -0.05) is 26.0 Å². The molecule has 0 aliphatic rings. The van der Waals surface area contributed by atoms with Gasteiger partial charge in [-0.25, -0.2) is 4.98 Å². The van der Waals surface area contributed by atoms with Crippen molar-refractivity contribution in [1.29, 1.82) is 0 Å². The van der Waals surface area contributed by atoms with Crippen LogP contribution in [0.1, 0.15) is 35.7 Å². The van der Waals surface area contributed by atoms with Crippen molar-refractivity contribution < 1.29 is 9.53 Å². The third-order valence-electron chi connectivity index (χ3n) is 3.83. The van der Waals surface area contributed by atoms with E-state index in [9.17, 15) is 4.79 Å². The SMILES string of the molecule is CC(C)c1ccc(Oc2ncnc(NNC(=O)c3cccnc3)c2N)cc1. The molecule has 2 aromatic heterocycles. The van der Waals surface area contributed by atoms with Crippen LogP contribution in [0, 0.1) is 0 Å². The normalized spacial score (nSPS) is 10.5. The van der Waals surface area contributed by atoms with Crippen LogP contribution in [0.25, 0.3) is 0 Å². The van der Waals surface area contributed by atoms with Crippen LogP contribution in [0.15, 0.2) is 55.1 Å². The lowest BCUT2D eigenvalue weighted by molar-refractivity contribution is 0.0962. The quantitative estimate of drug-likeness (QED) is 0.576. The zero-order valence-electron chi connectivity index (χ0n) is 15.0. The number of carbonyl (C=O) groups is 1. The first-order valence-electron chi connectivity index (χ1n) is 8.39. The van der Waals surface area contributed by atoms with Gasteiger partial charge in [-0.05, 0) is 35.7 Å². The minimum Gasteiger partial charge on any atom is -0.437 e. The minimum atomic E-state index is -0.368. The highest BCUT2D eigenvalue weighted by atomic mass is 16.5. The number of nitrogens with zero attached hydrogens (tertiary/aromatic N) is 3. The summed E-state index contributed by atoms with van der Waals surface area (Å²) < 4.78 is 5.74. The molecule has 0 aliphatic heterocycles. The highest BCUT2D eigenvalue weighted by molar-refractivity contribution is 5.94. The van der Waals surface area contributed by atoms with Crippen molar-refractivity contribution in [3.05, 3.63) is 66.2 Å². The van der Waals surface area contributed by atoms with E-state index in [-0.39, 0.29) is 23.3 Å². The highest BCUT2D eigenvalue weighted by Crippen LogP contribution is 2.29. The van der Waals surface area contributed by atoms with Crippen molar-refractivity contribution in [2.24, 2.45) is 0 Å². The van der Waals surface area contributed by atoms with E-state index in [2.05, 4.69) is 39.7 Å². The fourth-order valence-corrected chi connectivity index (χ4v) is 2.28. The molecule has 1 aromatic carbocycles. The van der Waals surface area contributed by atoms with E-state index in [0.717, 1.165) is 0 Å². The maximum Gasteiger partial charge on any atom is 0.271 e. The Balaban J connectivity index is 1.69. The first-order valence-corrected chi connectivity index (χ1v) is 8.39. The number of anilines is 2. The van der Waals surface area contributed by atoms with Crippen molar-refractivity contribution in [2.75, 3.05) is 11.2 Å². The molecule has 0 spiro atoms. The zero-order valence-corrected chi connectivity index (χ0v) is 15.0. The lowest BCUT2D eigenvalue weighted by Gasteiger charge is -2.13. The fourth-order valence-electron chi connectivity index (χ4n) is 2.28. The molecule has 3 aromatic rings. The predicted octanol–water partition coefficient (Wildman–Crippen LogP) is 3.13. The van der Waals surface area contributed by atoms with E-state index in [4.69, 9.17) is 10.5 Å². The van der Waals surface area contributed by atoms with Gasteiger partial charge in [0, 0.05) is 12.4 Å². The van der Waals surface area contributed by atoms with Crippen molar-refractivity contribution >= 4 is 17.4 Å². The molecule has 1 amide bonds. The van der Waals surface area contributed by atoms with Gasteiger partial charge in [0.05, 0.1) is 5.56 Å². The second kappa shape index (κ2) is 8.13. The summed E-state index contributed by atoms with van der Waals surface area (Å²) in [6.45, 7) is 4.24. The summed E-state index contributed by atoms with van der Waals surface area (Å²) in [6.07, 6.45) is 4.34. The molecule has 0 saturated heterocycles. The summed E-state index contributed by atoms with van der Waals surface area (Å²) in [5, 5.41) is 0. The van der Waals surface area contributed by atoms with Gasteiger partial charge in [-0.15, -0.1) is 0 Å². The number of nitrogens with one attached hydrogen (secondary N) is 2. The molecule has 0 saturated carbocycles. The van der Waals surface area contributed by atoms with Crippen LogP contribution in [-0.4, -0.2) is 20.9 Å². The molecule has 4 N–H and O–H groups in total. The van der Waals surface area contributed by atoms with Gasteiger partial charge in [0.2, 0.25) is 5.88 Å². The second-order valence-electron chi connectivity index (χ2n) is 6.09. The summed E-state index contributed by atoms with van der Waals surface area (Å²) in [4.78, 5) is 24.0. The number of carbonyl (C=O) groups excluding carboxylic acids is 1. The average Bonchev–Trinajstić information content (AvgIpc) is 2.69. The molecule has 3 rings (SSSR count). The predicted molar refractivity (Wildman–Crippen MR) is 102 cm³/mol. The Hall–Kier alpha value is -3.68. The molecule has 0 bridgehead atoms. The molecule has 0 aliphatic carbocycles. The van der Waals surface area contributed by atoms with Crippen molar-refractivity contribution in [3.8, 4) is 11.6 Å². The molecule has 0 atom stereocenters. The maximum absolute atomic E-state index is 12.1. The van der Waals surface area contributed by atoms with Crippen LogP contribution in [0.5, 0.6) is 11.6 Å². The number of ether oxygens (including phenoxy) is 1. The van der Waals surface area contributed by atoms with Crippen LogP contribution >= 0.6 is 0 Å². The van der Waals surface area contributed by atoms with E-state index in [1.807, 2.05) is 24.3 Å². The average molecular weight is 364 g/mol. The number of nitrogen functional groups attached to an aromatic ring is 1. The Morgan fingerprint density at radius 3 is 2.59 bits per heavy atom. The first kappa shape index (κ1) is 18.1. The molecule has 27 heavy (non-hydrogen) atoms. The molecule has 138 valence electrons. The summed E-state index contributed by atoms with van der Waals surface area (Å²) in [5.74, 6) is 1.10. The molecular weight excluding hydrogens is 344 g/mol. The number of nitrogens with two attached hydrogens (primary N) is 1. The monoisotopic (exact) mass is 364 g/mol. The molecule has 0 unspecified atom stereocenters. The summed E-state index contributed by atoms with van der Waals surface area (Å²) in [7, 11) is 0. The standard InChI is InChI=1S/C19H20N6O2/c1-12(2)13-5-7-15(8-6-13)27-19-16(20)17(22-11-23-19)24-25-18(26)14-4-3-9-21-10-14/h3-12H,20H2,1-2H3,(H,25,26)(H,22,23,24). The lowest BCUT2D eigenvalue weighted by Crippen LogP contribution is -2.30. The Labute approximate surface area is 156 Å². The van der Waals surface area contributed by atoms with Gasteiger partial charge in [-0.2, -0.15) is 4.98 Å². The number of pyridine rings is 1. The first-order chi connectivity index (χ1) is 13.0. The van der Waals surface area contributed by atoms with E-state index < -0.39 is 0 Å². The number of amides is 1. The highest BCUT2D eigenvalue weighted by Gasteiger charge is 2.12. The van der Waals surface area contributed by atoms with Crippen LogP contribution in [0.2, 0.25) is 0 Å². The molecule has 0 radical (unpaired) electrons. The van der Waals surface area contributed by atoms with Crippen LogP contribution < -0.4 is 21.3 Å². The van der Waals surface area contributed by atoms with Crippen molar-refractivity contribution in [2.45, 2.75) is 19.8 Å². The van der Waals surface area contributed by atoms with Crippen molar-refractivity contribution in [3.63, 3.8) is 0 Å². The van der Waals surface area contributed by atoms with E-state index in [1.165, 1.54) is 18.1 Å². The number of aromatic nitrogens is 3. The Kier molecular flexibility index (Phi) is 5.46. The molecule has 8 heteroatoms. The van der Waals surface area contributed by atoms with Gasteiger partial charge in [-0.3, -0.25) is 20.6 Å². The van der Waals surface area contributed by atoms with E-state index in [1.54, 1.807) is 18.3 Å². The number of hydrazine groups is 1. The fraction of sp³-hybridized carbons (Fsp3) is 0.158. The summed E-state index contributed by atoms with van der Waals surface area (Å²) >= 11 is 0. The number of hydrogen-bond donors (Lipinski definition) is 3. The van der Waals surface area contributed by atoms with Gasteiger partial charge in [0.15, 0.2) is 5.82 Å². The number of benzene rings is 1. The van der Waals surface area contributed by atoms with Crippen LogP contribution in [0.4, 0.5) is 11.5 Å². The van der Waals surface area contributed by atoms with Gasteiger partial charge in [0.1, 0.15) is 17.8 Å². The smallest absolute Gasteiger partial charge is 0.271 e. The maximum atomic E-state index is 12.1. The van der Waals surface area contributed by atoms with Crippen LogP contribution in [-0.2, 0) is 0 Å². The Bertz CT molecular complexity index is 913. The third kappa shape index (κ3) is 4.49. The van der Waals surface area contributed by atoms with Crippen molar-refractivity contribution in [1.82, 2.24) is 20.4 Å². The van der Waals surface area contributed by atoms with Crippen LogP contribution in [0.3, 0.4) is 0 Å². The van der Waals surface area contributed by atoms with Gasteiger partial charge >= 0.3 is 0 Å². The lowest BCUT2D eigenvalue weighted by atomic mass is 10.0. The molecule has 2 heterocycles. The second-order valence-corrected chi connectivity index (χ2v) is 6.09. The number of hydrogen-bond acceptors (Lipinski definition) is 7. The van der Waals surface area contributed by atoms with Gasteiger partial charge in [0.25, 0.3) is 5.91 Å². The third-order valence-corrected chi connectivity index (χ3v) is 3.83. The molecular formula is C19H20N6O2. The van der Waals surface area contributed by atoms with Gasteiger partial charge < -0.3 is 10.5 Å². The zero-order chi connectivity index (χ0) is 19.2. The van der Waals surface area contributed by atoms with E-state index in [0.29, 0.717) is 17.2 Å². The Morgan fingerprint density at radius 1 is 1.15 bits per heavy atom. The minimum absolute atomic E-state index is 0.178. The Morgan fingerprint density at radius 2 is 1.93 bits per heavy atom. The topological polar surface area (TPSA) is 115 Å². The summed E-state index contributed by atoms with van der Waals surface area (Å²) in [5.41, 5.74) is 13.0. The largest absolute Gasteiger partial charge is 0.437 e. The molecule has 8 nitrogen and oxygen atoms in total. The summed E-state index contributed by atoms with van der Waals surface area (Å²) in [6, 6.07) is 11.0.